The molecule has 1 aromatic heterocycles. The number of halogens is 1. The Labute approximate surface area is 109 Å². The van der Waals surface area contributed by atoms with Gasteiger partial charge in [0.15, 0.2) is 5.76 Å². The molecule has 1 aromatic carbocycles. The molecular formula is C13H12ClNO3. The summed E-state index contributed by atoms with van der Waals surface area (Å²) in [6, 6.07) is 7.94. The number of anilines is 1. The van der Waals surface area contributed by atoms with E-state index in [0.29, 0.717) is 11.4 Å². The lowest BCUT2D eigenvalue weighted by atomic mass is 10.2. The number of alkyl halides is 1. The number of furan rings is 1. The van der Waals surface area contributed by atoms with E-state index in [9.17, 15) is 9.90 Å². The maximum atomic E-state index is 11.9. The predicted octanol–water partition coefficient (Wildman–Crippen LogP) is 3.28. The molecule has 0 aliphatic carbocycles. The summed E-state index contributed by atoms with van der Waals surface area (Å²) in [7, 11) is 0. The summed E-state index contributed by atoms with van der Waals surface area (Å²) in [5.74, 6) is 0.793. The smallest absolute Gasteiger partial charge is 0.291 e. The van der Waals surface area contributed by atoms with Gasteiger partial charge in [-0.05, 0) is 42.8 Å². The molecule has 0 saturated heterocycles. The van der Waals surface area contributed by atoms with Gasteiger partial charge in [-0.1, -0.05) is 0 Å². The highest BCUT2D eigenvalue weighted by molar-refractivity contribution is 6.16. The van der Waals surface area contributed by atoms with E-state index in [0.717, 1.165) is 5.56 Å². The van der Waals surface area contributed by atoms with E-state index in [1.807, 2.05) is 0 Å². The van der Waals surface area contributed by atoms with Gasteiger partial charge in [-0.3, -0.25) is 4.79 Å². The van der Waals surface area contributed by atoms with Crippen molar-refractivity contribution in [3.05, 3.63) is 47.4 Å². The summed E-state index contributed by atoms with van der Waals surface area (Å²) < 4.78 is 5.24. The molecule has 0 unspecified atom stereocenters. The number of aryl methyl sites for hydroxylation is 1. The number of phenols is 1. The average Bonchev–Trinajstić information content (AvgIpc) is 2.81. The van der Waals surface area contributed by atoms with Gasteiger partial charge in [-0.15, -0.1) is 11.6 Å². The average molecular weight is 266 g/mol. The molecule has 1 heterocycles. The Morgan fingerprint density at radius 3 is 2.78 bits per heavy atom. The summed E-state index contributed by atoms with van der Waals surface area (Å²) in [5.41, 5.74) is 1.40. The van der Waals surface area contributed by atoms with Crippen LogP contribution in [0.25, 0.3) is 0 Å². The zero-order valence-corrected chi connectivity index (χ0v) is 10.5. The lowest BCUT2D eigenvalue weighted by Gasteiger charge is -2.07. The van der Waals surface area contributed by atoms with Gasteiger partial charge in [0, 0.05) is 5.69 Å². The van der Waals surface area contributed by atoms with Crippen molar-refractivity contribution in [2.75, 3.05) is 5.32 Å². The number of phenolic OH excluding ortho intramolecular Hbond substituents is 1. The van der Waals surface area contributed by atoms with Crippen molar-refractivity contribution in [2.24, 2.45) is 0 Å². The summed E-state index contributed by atoms with van der Waals surface area (Å²) in [5, 5.41) is 12.0. The van der Waals surface area contributed by atoms with Crippen molar-refractivity contribution < 1.29 is 14.3 Å². The van der Waals surface area contributed by atoms with Crippen LogP contribution in [-0.2, 0) is 5.88 Å². The topological polar surface area (TPSA) is 62.5 Å². The van der Waals surface area contributed by atoms with Crippen molar-refractivity contribution in [1.82, 2.24) is 0 Å². The maximum Gasteiger partial charge on any atom is 0.291 e. The zero-order valence-electron chi connectivity index (χ0n) is 9.74. The number of carbonyl (C=O) groups excluding carboxylic acids is 1. The summed E-state index contributed by atoms with van der Waals surface area (Å²) >= 11 is 5.59. The number of benzene rings is 1. The van der Waals surface area contributed by atoms with Crippen LogP contribution in [0.1, 0.15) is 21.9 Å². The van der Waals surface area contributed by atoms with Crippen LogP contribution < -0.4 is 5.32 Å². The molecule has 0 spiro atoms. The Morgan fingerprint density at radius 2 is 2.17 bits per heavy atom. The third-order valence-electron chi connectivity index (χ3n) is 2.48. The molecule has 5 heteroatoms. The highest BCUT2D eigenvalue weighted by Crippen LogP contribution is 2.21. The molecule has 0 saturated carbocycles. The molecule has 0 aliphatic heterocycles. The molecule has 2 rings (SSSR count). The predicted molar refractivity (Wildman–Crippen MR) is 69.1 cm³/mol. The highest BCUT2D eigenvalue weighted by Gasteiger charge is 2.12. The molecule has 1 amide bonds. The minimum atomic E-state index is -0.347. The van der Waals surface area contributed by atoms with Crippen LogP contribution in [0.4, 0.5) is 5.69 Å². The van der Waals surface area contributed by atoms with Crippen molar-refractivity contribution in [3.63, 3.8) is 0 Å². The van der Waals surface area contributed by atoms with Crippen LogP contribution in [-0.4, -0.2) is 11.0 Å². The largest absolute Gasteiger partial charge is 0.508 e. The fraction of sp³-hybridized carbons (Fsp3) is 0.154. The fourth-order valence-corrected chi connectivity index (χ4v) is 1.69. The molecule has 0 atom stereocenters. The van der Waals surface area contributed by atoms with Gasteiger partial charge in [0.2, 0.25) is 0 Å². The molecule has 0 aliphatic rings. The summed E-state index contributed by atoms with van der Waals surface area (Å²) in [4.78, 5) is 11.9. The van der Waals surface area contributed by atoms with Gasteiger partial charge in [-0.25, -0.2) is 0 Å². The number of carbonyl (C=O) groups is 1. The molecule has 94 valence electrons. The van der Waals surface area contributed by atoms with Crippen molar-refractivity contribution in [3.8, 4) is 5.75 Å². The van der Waals surface area contributed by atoms with E-state index < -0.39 is 0 Å². The number of rotatable bonds is 3. The third-order valence-corrected chi connectivity index (χ3v) is 2.74. The Bertz CT molecular complexity index is 577. The van der Waals surface area contributed by atoms with Gasteiger partial charge in [0.1, 0.15) is 11.5 Å². The van der Waals surface area contributed by atoms with Crippen LogP contribution in [0.3, 0.4) is 0 Å². The minimum absolute atomic E-state index is 0.160. The summed E-state index contributed by atoms with van der Waals surface area (Å²) in [6.07, 6.45) is 0. The van der Waals surface area contributed by atoms with Crippen molar-refractivity contribution in [1.29, 1.82) is 0 Å². The Balaban J connectivity index is 2.16. The first-order chi connectivity index (χ1) is 8.60. The molecule has 0 radical (unpaired) electrons. The molecule has 2 aromatic rings. The lowest BCUT2D eigenvalue weighted by molar-refractivity contribution is 0.0995. The Morgan fingerprint density at radius 1 is 1.39 bits per heavy atom. The fourth-order valence-electron chi connectivity index (χ4n) is 1.54. The SMILES string of the molecule is Cc1cc(O)ccc1NC(=O)c1ccc(CCl)o1. The van der Waals surface area contributed by atoms with Gasteiger partial charge in [0.05, 0.1) is 5.88 Å². The van der Waals surface area contributed by atoms with E-state index in [1.54, 1.807) is 31.2 Å². The molecule has 18 heavy (non-hydrogen) atoms. The van der Waals surface area contributed by atoms with E-state index in [1.165, 1.54) is 6.07 Å². The third kappa shape index (κ3) is 2.65. The van der Waals surface area contributed by atoms with E-state index in [-0.39, 0.29) is 23.3 Å². The van der Waals surface area contributed by atoms with Crippen LogP contribution in [0, 0.1) is 6.92 Å². The van der Waals surface area contributed by atoms with Gasteiger partial charge < -0.3 is 14.8 Å². The van der Waals surface area contributed by atoms with E-state index in [4.69, 9.17) is 16.0 Å². The first-order valence-corrected chi connectivity index (χ1v) is 5.89. The number of nitrogens with one attached hydrogen (secondary N) is 1. The van der Waals surface area contributed by atoms with E-state index in [2.05, 4.69) is 5.32 Å². The molecule has 0 fully saturated rings. The summed E-state index contributed by atoms with van der Waals surface area (Å²) in [6.45, 7) is 1.79. The second-order valence-electron chi connectivity index (χ2n) is 3.85. The van der Waals surface area contributed by atoms with Crippen LogP contribution in [0.15, 0.2) is 34.7 Å². The quantitative estimate of drug-likeness (QED) is 0.661. The Hall–Kier alpha value is -1.94. The van der Waals surface area contributed by atoms with Crippen molar-refractivity contribution in [2.45, 2.75) is 12.8 Å². The second-order valence-corrected chi connectivity index (χ2v) is 4.12. The number of hydrogen-bond acceptors (Lipinski definition) is 3. The zero-order chi connectivity index (χ0) is 13.1. The number of amides is 1. The van der Waals surface area contributed by atoms with Gasteiger partial charge >= 0.3 is 0 Å². The first kappa shape index (κ1) is 12.5. The Kier molecular flexibility index (Phi) is 3.58. The minimum Gasteiger partial charge on any atom is -0.508 e. The maximum absolute atomic E-state index is 11.9. The first-order valence-electron chi connectivity index (χ1n) is 5.36. The normalized spacial score (nSPS) is 10.3. The number of hydrogen-bond donors (Lipinski definition) is 2. The van der Waals surface area contributed by atoms with E-state index >= 15 is 0 Å². The van der Waals surface area contributed by atoms with Crippen molar-refractivity contribution >= 4 is 23.2 Å². The van der Waals surface area contributed by atoms with Crippen LogP contribution >= 0.6 is 11.6 Å². The number of aromatic hydroxyl groups is 1. The van der Waals surface area contributed by atoms with Crippen LogP contribution in [0.2, 0.25) is 0 Å². The van der Waals surface area contributed by atoms with Crippen LogP contribution in [0.5, 0.6) is 5.75 Å². The van der Waals surface area contributed by atoms with Gasteiger partial charge in [-0.2, -0.15) is 0 Å². The molecule has 4 nitrogen and oxygen atoms in total. The highest BCUT2D eigenvalue weighted by atomic mass is 35.5. The standard InChI is InChI=1S/C13H12ClNO3/c1-8-6-9(16)2-4-11(8)15-13(17)12-5-3-10(7-14)18-12/h2-6,16H,7H2,1H3,(H,15,17). The lowest BCUT2D eigenvalue weighted by Crippen LogP contribution is -2.11. The molecular weight excluding hydrogens is 254 g/mol. The molecule has 2 N–H and O–H groups in total. The second kappa shape index (κ2) is 5.14. The van der Waals surface area contributed by atoms with Gasteiger partial charge in [0.25, 0.3) is 5.91 Å². The molecule has 0 bridgehead atoms. The monoisotopic (exact) mass is 265 g/mol.